The number of aryl methyl sites for hydroxylation is 1. The number of rotatable bonds is 5. The van der Waals surface area contributed by atoms with Gasteiger partial charge in [0.2, 0.25) is 0 Å². The molecule has 4 aromatic rings. The molecule has 0 spiro atoms. The monoisotopic (exact) mass is 400 g/mol. The molecule has 7 nitrogen and oxygen atoms in total. The Labute approximate surface area is 174 Å². The highest BCUT2D eigenvalue weighted by molar-refractivity contribution is 5.84. The predicted molar refractivity (Wildman–Crippen MR) is 115 cm³/mol. The summed E-state index contributed by atoms with van der Waals surface area (Å²) in [5.74, 6) is 0.850. The summed E-state index contributed by atoms with van der Waals surface area (Å²) >= 11 is 0. The van der Waals surface area contributed by atoms with Crippen LogP contribution in [0.4, 0.5) is 0 Å². The van der Waals surface area contributed by atoms with Crippen molar-refractivity contribution < 1.29 is 5.11 Å². The van der Waals surface area contributed by atoms with Crippen molar-refractivity contribution in [2.45, 2.75) is 38.3 Å². The summed E-state index contributed by atoms with van der Waals surface area (Å²) in [7, 11) is 0. The van der Waals surface area contributed by atoms with Gasteiger partial charge in [-0.25, -0.2) is 9.97 Å². The number of nitrogens with zero attached hydrogens (tertiary/aromatic N) is 5. The van der Waals surface area contributed by atoms with Crippen molar-refractivity contribution >= 4 is 10.9 Å². The topological polar surface area (TPSA) is 103 Å². The molecule has 7 heteroatoms. The van der Waals surface area contributed by atoms with E-state index in [9.17, 15) is 5.11 Å². The smallest absolute Gasteiger partial charge is 0.251 e. The van der Waals surface area contributed by atoms with E-state index in [0.29, 0.717) is 5.95 Å². The lowest BCUT2D eigenvalue weighted by atomic mass is 9.76. The van der Waals surface area contributed by atoms with Gasteiger partial charge < -0.3 is 10.8 Å². The minimum Gasteiger partial charge on any atom is -0.393 e. The summed E-state index contributed by atoms with van der Waals surface area (Å²) in [5, 5.41) is 15.1. The quantitative estimate of drug-likeness (QED) is 0.533. The molecule has 1 saturated carbocycles. The summed E-state index contributed by atoms with van der Waals surface area (Å²) < 4.78 is 1.77. The molecule has 0 unspecified atom stereocenters. The van der Waals surface area contributed by atoms with E-state index < -0.39 is 0 Å². The van der Waals surface area contributed by atoms with Crippen LogP contribution in [0.25, 0.3) is 28.1 Å². The zero-order valence-electron chi connectivity index (χ0n) is 16.8. The van der Waals surface area contributed by atoms with E-state index >= 15 is 0 Å². The van der Waals surface area contributed by atoms with Gasteiger partial charge in [-0.3, -0.25) is 4.98 Å². The Morgan fingerprint density at radius 1 is 1.17 bits per heavy atom. The van der Waals surface area contributed by atoms with E-state index in [2.05, 4.69) is 28.1 Å². The number of aliphatic hydroxyl groups excluding tert-OH is 1. The summed E-state index contributed by atoms with van der Waals surface area (Å²) in [6.45, 7) is 2.07. The Hall–Kier alpha value is -3.16. The van der Waals surface area contributed by atoms with Crippen molar-refractivity contribution in [2.24, 2.45) is 11.7 Å². The van der Waals surface area contributed by atoms with Crippen molar-refractivity contribution in [3.63, 3.8) is 0 Å². The molecule has 1 aromatic carbocycles. The number of benzene rings is 1. The Balaban J connectivity index is 1.52. The van der Waals surface area contributed by atoms with Crippen LogP contribution in [0.15, 0.2) is 54.9 Å². The minimum atomic E-state index is -0.222. The zero-order chi connectivity index (χ0) is 20.7. The molecule has 1 aliphatic carbocycles. The van der Waals surface area contributed by atoms with Crippen LogP contribution in [-0.2, 0) is 6.42 Å². The fourth-order valence-corrected chi connectivity index (χ4v) is 3.98. The highest BCUT2D eigenvalue weighted by atomic mass is 16.3. The zero-order valence-corrected chi connectivity index (χ0v) is 16.8. The van der Waals surface area contributed by atoms with Crippen molar-refractivity contribution in [1.82, 2.24) is 24.7 Å². The molecule has 0 amide bonds. The van der Waals surface area contributed by atoms with Gasteiger partial charge in [-0.1, -0.05) is 25.1 Å². The first-order valence-corrected chi connectivity index (χ1v) is 10.3. The van der Waals surface area contributed by atoms with E-state index in [0.717, 1.165) is 52.8 Å². The Morgan fingerprint density at radius 3 is 2.83 bits per heavy atom. The third-order valence-corrected chi connectivity index (χ3v) is 5.89. The van der Waals surface area contributed by atoms with Gasteiger partial charge in [-0.05, 0) is 49.4 Å². The van der Waals surface area contributed by atoms with E-state index in [4.69, 9.17) is 10.7 Å². The first-order chi connectivity index (χ1) is 14.6. The molecule has 0 aliphatic heterocycles. The molecule has 1 fully saturated rings. The van der Waals surface area contributed by atoms with Crippen LogP contribution in [0.3, 0.4) is 0 Å². The van der Waals surface area contributed by atoms with Crippen molar-refractivity contribution in [3.8, 4) is 17.2 Å². The van der Waals surface area contributed by atoms with E-state index in [-0.39, 0.29) is 18.1 Å². The van der Waals surface area contributed by atoms with Gasteiger partial charge in [0.1, 0.15) is 0 Å². The largest absolute Gasteiger partial charge is 0.393 e. The second-order valence-electron chi connectivity index (χ2n) is 7.89. The van der Waals surface area contributed by atoms with E-state index in [1.54, 1.807) is 10.9 Å². The first-order valence-electron chi connectivity index (χ1n) is 10.3. The van der Waals surface area contributed by atoms with Crippen LogP contribution in [0, 0.1) is 5.92 Å². The second kappa shape index (κ2) is 7.59. The normalized spacial score (nSPS) is 19.6. The number of hydrogen-bond acceptors (Lipinski definition) is 6. The average Bonchev–Trinajstić information content (AvgIpc) is 3.20. The number of nitrogens with two attached hydrogens (primary N) is 1. The molecule has 0 saturated heterocycles. The molecule has 1 atom stereocenters. The number of hydrogen-bond donors (Lipinski definition) is 2. The maximum absolute atomic E-state index is 9.59. The van der Waals surface area contributed by atoms with Gasteiger partial charge in [-0.15, -0.1) is 0 Å². The highest BCUT2D eigenvalue weighted by Crippen LogP contribution is 2.36. The van der Waals surface area contributed by atoms with Crippen molar-refractivity contribution in [3.05, 3.63) is 66.2 Å². The Morgan fingerprint density at radius 2 is 2.03 bits per heavy atom. The summed E-state index contributed by atoms with van der Waals surface area (Å²) in [6.07, 6.45) is 5.70. The van der Waals surface area contributed by atoms with E-state index in [1.807, 2.05) is 42.6 Å². The third-order valence-electron chi connectivity index (χ3n) is 5.89. The molecule has 3 N–H and O–H groups in total. The molecule has 0 bridgehead atoms. The molecule has 0 radical (unpaired) electrons. The number of fused-ring (bicyclic) bond motifs is 1. The molecule has 1 aliphatic rings. The molecule has 5 rings (SSSR count). The van der Waals surface area contributed by atoms with Crippen LogP contribution < -0.4 is 5.73 Å². The van der Waals surface area contributed by atoms with Crippen molar-refractivity contribution in [1.29, 1.82) is 0 Å². The first kappa shape index (κ1) is 18.8. The third kappa shape index (κ3) is 3.36. The molecular weight excluding hydrogens is 376 g/mol. The van der Waals surface area contributed by atoms with Crippen molar-refractivity contribution in [2.75, 3.05) is 0 Å². The molecule has 30 heavy (non-hydrogen) atoms. The van der Waals surface area contributed by atoms with Gasteiger partial charge in [0.25, 0.3) is 5.95 Å². The predicted octanol–water partition coefficient (Wildman–Crippen LogP) is 3.21. The van der Waals surface area contributed by atoms with Gasteiger partial charge in [0.05, 0.1) is 35.2 Å². The van der Waals surface area contributed by atoms with Crippen LogP contribution in [0.2, 0.25) is 0 Å². The molecule has 3 heterocycles. The van der Waals surface area contributed by atoms with Crippen LogP contribution in [0.1, 0.15) is 37.2 Å². The summed E-state index contributed by atoms with van der Waals surface area (Å²) in [5.41, 5.74) is 11.0. The highest BCUT2D eigenvalue weighted by Gasteiger charge is 2.33. The molecular formula is C23H24N6O. The van der Waals surface area contributed by atoms with Gasteiger partial charge >= 0.3 is 0 Å². The van der Waals surface area contributed by atoms with Gasteiger partial charge in [0, 0.05) is 22.8 Å². The Kier molecular flexibility index (Phi) is 4.77. The fourth-order valence-electron chi connectivity index (χ4n) is 3.98. The van der Waals surface area contributed by atoms with Crippen LogP contribution in [-0.4, -0.2) is 35.9 Å². The lowest BCUT2D eigenvalue weighted by Gasteiger charge is -2.35. The lowest BCUT2D eigenvalue weighted by Crippen LogP contribution is -2.36. The second-order valence-corrected chi connectivity index (χ2v) is 7.89. The average molecular weight is 400 g/mol. The van der Waals surface area contributed by atoms with Gasteiger partial charge in [-0.2, -0.15) is 9.78 Å². The van der Waals surface area contributed by atoms with Crippen LogP contribution in [0.5, 0.6) is 0 Å². The molecule has 152 valence electrons. The standard InChI is InChI=1S/C23H24N6O/c1-2-17-8-9-25-23(27-17)29-21-12-14(6-7-15(21)13-26-29)19-4-3-5-20(28-19)22(24)16-10-18(30)11-16/h3-9,12-13,16,18,22,30H,2,10-11,24H2,1H3/t16?,18?,22-/m0/s1. The van der Waals surface area contributed by atoms with Gasteiger partial charge in [0.15, 0.2) is 0 Å². The maximum atomic E-state index is 9.59. The number of aliphatic hydroxyl groups is 1. The Bertz CT molecular complexity index is 1200. The number of pyridine rings is 1. The van der Waals surface area contributed by atoms with E-state index in [1.165, 1.54) is 0 Å². The summed E-state index contributed by atoms with van der Waals surface area (Å²) in [4.78, 5) is 13.8. The van der Waals surface area contributed by atoms with Crippen LogP contribution >= 0.6 is 0 Å². The molecule has 3 aromatic heterocycles. The minimum absolute atomic E-state index is 0.159. The number of aromatic nitrogens is 5. The maximum Gasteiger partial charge on any atom is 0.251 e. The lowest BCUT2D eigenvalue weighted by molar-refractivity contribution is 0.0302. The SMILES string of the molecule is CCc1ccnc(-n2ncc3ccc(-c4cccc([C@@H](N)C5CC(O)C5)n4)cc32)n1. The fraction of sp³-hybridized carbons (Fsp3) is 0.304. The summed E-state index contributed by atoms with van der Waals surface area (Å²) in [6, 6.07) is 13.8.